The largest absolute Gasteiger partial charge is 0.271 e. The quantitative estimate of drug-likeness (QED) is 0.668. The van der Waals surface area contributed by atoms with Gasteiger partial charge in [-0.3, -0.25) is 5.84 Å². The molecule has 0 bridgehead atoms. The monoisotopic (exact) mass is 282 g/mol. The van der Waals surface area contributed by atoms with Gasteiger partial charge in [-0.05, 0) is 42.3 Å². The lowest BCUT2D eigenvalue weighted by Crippen LogP contribution is -2.30. The van der Waals surface area contributed by atoms with Crippen molar-refractivity contribution in [1.82, 2.24) is 5.43 Å². The Hall–Kier alpha value is -1.49. The molecular weight excluding hydrogens is 270 g/mol. The van der Waals surface area contributed by atoms with Gasteiger partial charge < -0.3 is 0 Å². The van der Waals surface area contributed by atoms with E-state index in [1.54, 1.807) is 25.1 Å². The second kappa shape index (κ2) is 5.65. The number of nitrogens with two attached hydrogens (primary N) is 1. The lowest BCUT2D eigenvalue weighted by molar-refractivity contribution is 0.557. The maximum Gasteiger partial charge on any atom is 0.129 e. The zero-order valence-electron chi connectivity index (χ0n) is 10.3. The van der Waals surface area contributed by atoms with Crippen LogP contribution in [0, 0.1) is 18.6 Å². The van der Waals surface area contributed by atoms with Crippen LogP contribution in [-0.4, -0.2) is 0 Å². The Morgan fingerprint density at radius 2 is 1.79 bits per heavy atom. The summed E-state index contributed by atoms with van der Waals surface area (Å²) in [6.45, 7) is 1.75. The molecule has 2 aromatic carbocycles. The maximum atomic E-state index is 13.9. The first-order chi connectivity index (χ1) is 9.02. The Bertz CT molecular complexity index is 550. The highest BCUT2D eigenvalue weighted by molar-refractivity contribution is 6.30. The Kier molecular flexibility index (Phi) is 4.14. The van der Waals surface area contributed by atoms with Crippen molar-refractivity contribution in [1.29, 1.82) is 0 Å². The molecule has 0 aliphatic rings. The van der Waals surface area contributed by atoms with E-state index in [0.29, 0.717) is 21.7 Å². The summed E-state index contributed by atoms with van der Waals surface area (Å²) in [7, 11) is 0. The van der Waals surface area contributed by atoms with Crippen LogP contribution in [0.4, 0.5) is 8.78 Å². The van der Waals surface area contributed by atoms with Crippen LogP contribution >= 0.6 is 11.6 Å². The number of nitrogens with one attached hydrogen (secondary N) is 1. The zero-order valence-corrected chi connectivity index (χ0v) is 11.0. The van der Waals surface area contributed by atoms with Crippen LogP contribution in [0.25, 0.3) is 0 Å². The van der Waals surface area contributed by atoms with Crippen molar-refractivity contribution >= 4 is 11.6 Å². The highest BCUT2D eigenvalue weighted by atomic mass is 35.5. The van der Waals surface area contributed by atoms with Crippen LogP contribution in [0.2, 0.25) is 5.02 Å². The Labute approximate surface area is 115 Å². The third kappa shape index (κ3) is 2.92. The van der Waals surface area contributed by atoms with Gasteiger partial charge in [-0.25, -0.2) is 14.2 Å². The van der Waals surface area contributed by atoms with E-state index in [2.05, 4.69) is 5.43 Å². The first-order valence-corrected chi connectivity index (χ1v) is 6.08. The van der Waals surface area contributed by atoms with Crippen molar-refractivity contribution in [2.24, 2.45) is 5.84 Å². The van der Waals surface area contributed by atoms with Crippen LogP contribution in [0.15, 0.2) is 36.4 Å². The number of benzene rings is 2. The fourth-order valence-electron chi connectivity index (χ4n) is 2.05. The molecular formula is C14H13ClF2N2. The molecule has 0 fully saturated rings. The van der Waals surface area contributed by atoms with Crippen LogP contribution in [0.3, 0.4) is 0 Å². The lowest BCUT2D eigenvalue weighted by Gasteiger charge is -2.19. The summed E-state index contributed by atoms with van der Waals surface area (Å²) in [5, 5.41) is 0.313. The zero-order chi connectivity index (χ0) is 14.0. The fraction of sp³-hybridized carbons (Fsp3) is 0.143. The predicted octanol–water partition coefficient (Wildman–Crippen LogP) is 3.48. The standard InChI is InChI=1S/C14H13ClF2N2/c1-8-6-10(16)3-5-11(8)14(19-18)12-4-2-9(15)7-13(12)17/h2-7,14,19H,18H2,1H3. The Balaban J connectivity index is 2.50. The predicted molar refractivity (Wildman–Crippen MR) is 71.7 cm³/mol. The summed E-state index contributed by atoms with van der Waals surface area (Å²) in [6.07, 6.45) is 0. The lowest BCUT2D eigenvalue weighted by atomic mass is 9.95. The first-order valence-electron chi connectivity index (χ1n) is 5.70. The third-order valence-corrected chi connectivity index (χ3v) is 3.22. The molecule has 0 aromatic heterocycles. The van der Waals surface area contributed by atoms with Crippen molar-refractivity contribution in [3.63, 3.8) is 0 Å². The minimum absolute atomic E-state index is 0.313. The van der Waals surface area contributed by atoms with E-state index in [1.165, 1.54) is 18.2 Å². The second-order valence-electron chi connectivity index (χ2n) is 4.27. The van der Waals surface area contributed by atoms with Crippen molar-refractivity contribution in [2.75, 3.05) is 0 Å². The number of aryl methyl sites for hydroxylation is 1. The van der Waals surface area contributed by atoms with Crippen LogP contribution < -0.4 is 11.3 Å². The minimum atomic E-state index is -0.558. The van der Waals surface area contributed by atoms with Crippen LogP contribution in [0.5, 0.6) is 0 Å². The third-order valence-electron chi connectivity index (χ3n) is 2.98. The van der Waals surface area contributed by atoms with Gasteiger partial charge in [-0.15, -0.1) is 0 Å². The Morgan fingerprint density at radius 3 is 2.37 bits per heavy atom. The van der Waals surface area contributed by atoms with Gasteiger partial charge in [-0.2, -0.15) is 0 Å². The van der Waals surface area contributed by atoms with Crippen LogP contribution in [-0.2, 0) is 0 Å². The summed E-state index contributed by atoms with van der Waals surface area (Å²) in [6, 6.07) is 8.10. The molecule has 0 amide bonds. The van der Waals surface area contributed by atoms with Crippen LogP contribution in [0.1, 0.15) is 22.7 Å². The number of hydrogen-bond donors (Lipinski definition) is 2. The summed E-state index contributed by atoms with van der Waals surface area (Å²) in [5.74, 6) is 4.71. The van der Waals surface area contributed by atoms with E-state index in [4.69, 9.17) is 17.4 Å². The normalized spacial score (nSPS) is 12.5. The molecule has 2 aromatic rings. The molecule has 0 spiro atoms. The van der Waals surface area contributed by atoms with Crippen molar-refractivity contribution in [3.8, 4) is 0 Å². The highest BCUT2D eigenvalue weighted by Crippen LogP contribution is 2.28. The molecule has 0 heterocycles. The molecule has 0 aliphatic carbocycles. The fourth-order valence-corrected chi connectivity index (χ4v) is 2.20. The number of hydrogen-bond acceptors (Lipinski definition) is 2. The molecule has 0 radical (unpaired) electrons. The van der Waals surface area contributed by atoms with E-state index in [1.807, 2.05) is 0 Å². The van der Waals surface area contributed by atoms with E-state index >= 15 is 0 Å². The summed E-state index contributed by atoms with van der Waals surface area (Å²) >= 11 is 5.72. The highest BCUT2D eigenvalue weighted by Gasteiger charge is 2.18. The molecule has 1 unspecified atom stereocenters. The SMILES string of the molecule is Cc1cc(F)ccc1C(NN)c1ccc(Cl)cc1F. The number of hydrazine groups is 1. The van der Waals surface area contributed by atoms with Crippen molar-refractivity contribution in [2.45, 2.75) is 13.0 Å². The molecule has 0 saturated carbocycles. The summed E-state index contributed by atoms with van der Waals surface area (Å²) in [5.41, 5.74) is 4.32. The molecule has 19 heavy (non-hydrogen) atoms. The van der Waals surface area contributed by atoms with E-state index in [9.17, 15) is 8.78 Å². The summed E-state index contributed by atoms with van der Waals surface area (Å²) < 4.78 is 27.0. The minimum Gasteiger partial charge on any atom is -0.271 e. The first kappa shape index (κ1) is 13.9. The average Bonchev–Trinajstić information content (AvgIpc) is 2.34. The number of rotatable bonds is 3. The molecule has 2 rings (SSSR count). The van der Waals surface area contributed by atoms with Gasteiger partial charge in [-0.1, -0.05) is 23.7 Å². The average molecular weight is 283 g/mol. The molecule has 0 saturated heterocycles. The molecule has 5 heteroatoms. The Morgan fingerprint density at radius 1 is 1.11 bits per heavy atom. The molecule has 2 nitrogen and oxygen atoms in total. The number of halogens is 3. The van der Waals surface area contributed by atoms with Gasteiger partial charge in [0.25, 0.3) is 0 Å². The van der Waals surface area contributed by atoms with Gasteiger partial charge in [0, 0.05) is 10.6 Å². The van der Waals surface area contributed by atoms with E-state index < -0.39 is 11.9 Å². The van der Waals surface area contributed by atoms with Gasteiger partial charge in [0.1, 0.15) is 11.6 Å². The van der Waals surface area contributed by atoms with Crippen molar-refractivity contribution < 1.29 is 8.78 Å². The van der Waals surface area contributed by atoms with Gasteiger partial charge in [0.2, 0.25) is 0 Å². The van der Waals surface area contributed by atoms with Crippen molar-refractivity contribution in [3.05, 3.63) is 69.7 Å². The molecule has 1 atom stereocenters. The molecule has 100 valence electrons. The van der Waals surface area contributed by atoms with Gasteiger partial charge >= 0.3 is 0 Å². The molecule has 0 aliphatic heterocycles. The maximum absolute atomic E-state index is 13.9. The van der Waals surface area contributed by atoms with Gasteiger partial charge in [0.15, 0.2) is 0 Å². The van der Waals surface area contributed by atoms with E-state index in [-0.39, 0.29) is 5.82 Å². The smallest absolute Gasteiger partial charge is 0.129 e. The second-order valence-corrected chi connectivity index (χ2v) is 4.70. The topological polar surface area (TPSA) is 38.0 Å². The van der Waals surface area contributed by atoms with E-state index in [0.717, 1.165) is 0 Å². The van der Waals surface area contributed by atoms with Gasteiger partial charge in [0.05, 0.1) is 6.04 Å². The molecule has 3 N–H and O–H groups in total. The summed E-state index contributed by atoms with van der Waals surface area (Å²) in [4.78, 5) is 0.